The van der Waals surface area contributed by atoms with E-state index in [1.165, 1.54) is 0 Å². The Morgan fingerprint density at radius 2 is 1.22 bits per heavy atom. The number of hydrogen-bond acceptors (Lipinski definition) is 0. The molecule has 54 valence electrons. The summed E-state index contributed by atoms with van der Waals surface area (Å²) in [5.74, 6) is -2.26. The highest BCUT2D eigenvalue weighted by molar-refractivity contribution is 4.88. The third-order valence-electron chi connectivity index (χ3n) is 0.308. The third kappa shape index (κ3) is 7.20. The van der Waals surface area contributed by atoms with Crippen LogP contribution in [-0.2, 0) is 0 Å². The number of alkyl halides is 3. The van der Waals surface area contributed by atoms with Gasteiger partial charge in [0.2, 0.25) is 0 Å². The van der Waals surface area contributed by atoms with Crippen LogP contribution in [-0.4, -0.2) is 6.18 Å². The molecule has 0 nitrogen and oxygen atoms in total. The SMILES string of the molecule is C=C.C=C(F)C(F)(F)F. The topological polar surface area (TPSA) is 0 Å². The molecule has 0 aromatic heterocycles. The van der Waals surface area contributed by atoms with Crippen molar-refractivity contribution in [1.29, 1.82) is 0 Å². The number of hydrogen-bond donors (Lipinski definition) is 0. The van der Waals surface area contributed by atoms with Crippen LogP contribution in [0.5, 0.6) is 0 Å². The molecule has 0 heterocycles. The van der Waals surface area contributed by atoms with Gasteiger partial charge in [-0.1, -0.05) is 6.58 Å². The van der Waals surface area contributed by atoms with E-state index in [2.05, 4.69) is 13.2 Å². The van der Waals surface area contributed by atoms with Gasteiger partial charge in [-0.3, -0.25) is 0 Å². The molecule has 0 radical (unpaired) electrons. The second kappa shape index (κ2) is 4.12. The molecule has 0 atom stereocenters. The van der Waals surface area contributed by atoms with Crippen molar-refractivity contribution in [2.75, 3.05) is 0 Å². The summed E-state index contributed by atoms with van der Waals surface area (Å²) in [4.78, 5) is 0. The van der Waals surface area contributed by atoms with E-state index in [4.69, 9.17) is 0 Å². The van der Waals surface area contributed by atoms with Crippen LogP contribution in [0.15, 0.2) is 25.6 Å². The molecule has 0 aromatic carbocycles. The molecule has 0 amide bonds. The maximum absolute atomic E-state index is 10.9. The first-order valence-corrected chi connectivity index (χ1v) is 1.86. The second-order valence-electron chi connectivity index (χ2n) is 0.903. The molecule has 0 aliphatic carbocycles. The van der Waals surface area contributed by atoms with E-state index in [9.17, 15) is 17.6 Å². The van der Waals surface area contributed by atoms with Gasteiger partial charge in [-0.2, -0.15) is 13.2 Å². The van der Waals surface area contributed by atoms with Gasteiger partial charge in [0.1, 0.15) is 0 Å². The lowest BCUT2D eigenvalue weighted by Gasteiger charge is -1.97. The first-order valence-electron chi connectivity index (χ1n) is 1.86. The Balaban J connectivity index is 0. The van der Waals surface area contributed by atoms with E-state index < -0.39 is 12.0 Å². The molecule has 0 fully saturated rings. The van der Waals surface area contributed by atoms with Crippen molar-refractivity contribution in [3.05, 3.63) is 25.6 Å². The van der Waals surface area contributed by atoms with Crippen molar-refractivity contribution < 1.29 is 17.6 Å². The number of halogens is 4. The van der Waals surface area contributed by atoms with Crippen LogP contribution in [0.1, 0.15) is 0 Å². The molecule has 0 aliphatic heterocycles. The monoisotopic (exact) mass is 142 g/mol. The molecular formula is C5H6F4. The molecule has 0 spiro atoms. The van der Waals surface area contributed by atoms with E-state index in [0.29, 0.717) is 0 Å². The lowest BCUT2D eigenvalue weighted by molar-refractivity contribution is -0.108. The van der Waals surface area contributed by atoms with Crippen LogP contribution >= 0.6 is 0 Å². The van der Waals surface area contributed by atoms with Crippen molar-refractivity contribution in [2.45, 2.75) is 6.18 Å². The molecule has 9 heavy (non-hydrogen) atoms. The zero-order valence-electron chi connectivity index (χ0n) is 4.63. The van der Waals surface area contributed by atoms with Crippen LogP contribution in [0.2, 0.25) is 0 Å². The zero-order chi connectivity index (χ0) is 8.08. The molecule has 0 aliphatic rings. The Bertz CT molecular complexity index is 91.6. The lowest BCUT2D eigenvalue weighted by Crippen LogP contribution is -2.05. The van der Waals surface area contributed by atoms with Gasteiger partial charge in [0.25, 0.3) is 0 Å². The van der Waals surface area contributed by atoms with E-state index in [0.717, 1.165) is 0 Å². The lowest BCUT2D eigenvalue weighted by atomic mass is 10.6. The molecule has 0 unspecified atom stereocenters. The van der Waals surface area contributed by atoms with Gasteiger partial charge in [-0.25, -0.2) is 4.39 Å². The summed E-state index contributed by atoms with van der Waals surface area (Å²) in [7, 11) is 0. The van der Waals surface area contributed by atoms with Crippen molar-refractivity contribution in [2.24, 2.45) is 0 Å². The summed E-state index contributed by atoms with van der Waals surface area (Å²) in [6, 6.07) is 0. The predicted molar refractivity (Wildman–Crippen MR) is 27.6 cm³/mol. The largest absolute Gasteiger partial charge is 0.442 e. The summed E-state index contributed by atoms with van der Waals surface area (Å²) in [6.45, 7) is 8.03. The Labute approximate surface area is 50.5 Å². The Kier molecular flexibility index (Phi) is 5.06. The first kappa shape index (κ1) is 11.1. The average Bonchev–Trinajstić information content (AvgIpc) is 1.69. The van der Waals surface area contributed by atoms with Crippen LogP contribution in [0.4, 0.5) is 17.6 Å². The van der Waals surface area contributed by atoms with E-state index in [1.807, 2.05) is 6.58 Å². The normalized spacial score (nSPS) is 9.33. The molecule has 0 bridgehead atoms. The summed E-state index contributed by atoms with van der Waals surface area (Å²) < 4.78 is 43.0. The number of rotatable bonds is 0. The van der Waals surface area contributed by atoms with Gasteiger partial charge in [-0.15, -0.1) is 13.2 Å². The van der Waals surface area contributed by atoms with Gasteiger partial charge in [0.05, 0.1) is 0 Å². The van der Waals surface area contributed by atoms with Gasteiger partial charge in [0.15, 0.2) is 5.83 Å². The Hall–Kier alpha value is -0.800. The highest BCUT2D eigenvalue weighted by Crippen LogP contribution is 2.23. The van der Waals surface area contributed by atoms with Gasteiger partial charge < -0.3 is 0 Å². The van der Waals surface area contributed by atoms with Crippen molar-refractivity contribution >= 4 is 0 Å². The van der Waals surface area contributed by atoms with Gasteiger partial charge in [0, 0.05) is 0 Å². The van der Waals surface area contributed by atoms with Crippen LogP contribution in [0, 0.1) is 0 Å². The molecule has 0 N–H and O–H groups in total. The van der Waals surface area contributed by atoms with Crippen molar-refractivity contribution in [3.63, 3.8) is 0 Å². The maximum Gasteiger partial charge on any atom is 0.442 e. The quantitative estimate of drug-likeness (QED) is 0.360. The van der Waals surface area contributed by atoms with Crippen LogP contribution in [0.25, 0.3) is 0 Å². The number of allylic oxidation sites excluding steroid dienone is 1. The highest BCUT2D eigenvalue weighted by Gasteiger charge is 2.32. The molecule has 0 aromatic rings. The first-order chi connectivity index (χ1) is 3.94. The third-order valence-corrected chi connectivity index (χ3v) is 0.308. The molecule has 0 saturated carbocycles. The van der Waals surface area contributed by atoms with Gasteiger partial charge >= 0.3 is 6.18 Å². The molecular weight excluding hydrogens is 136 g/mol. The summed E-state index contributed by atoms with van der Waals surface area (Å²) in [5, 5.41) is 0. The fourth-order valence-electron chi connectivity index (χ4n) is 0. The van der Waals surface area contributed by atoms with Crippen LogP contribution in [0.3, 0.4) is 0 Å². The fraction of sp³-hybridized carbons (Fsp3) is 0.200. The minimum absolute atomic E-state index is 2.03. The fourth-order valence-corrected chi connectivity index (χ4v) is 0. The Morgan fingerprint density at radius 1 is 1.11 bits per heavy atom. The van der Waals surface area contributed by atoms with Crippen molar-refractivity contribution in [1.82, 2.24) is 0 Å². The summed E-state index contributed by atoms with van der Waals surface area (Å²) in [5.41, 5.74) is 0. The van der Waals surface area contributed by atoms with Crippen LogP contribution < -0.4 is 0 Å². The maximum atomic E-state index is 10.9. The molecule has 0 saturated heterocycles. The molecule has 0 rings (SSSR count). The summed E-state index contributed by atoms with van der Waals surface area (Å²) in [6.07, 6.45) is -4.86. The minimum Gasteiger partial charge on any atom is -0.202 e. The highest BCUT2D eigenvalue weighted by atomic mass is 19.4. The summed E-state index contributed by atoms with van der Waals surface area (Å²) >= 11 is 0. The zero-order valence-corrected chi connectivity index (χ0v) is 4.63. The van der Waals surface area contributed by atoms with Crippen molar-refractivity contribution in [3.8, 4) is 0 Å². The standard InChI is InChI=1S/C3H2F4.C2H4/c1-2(4)3(5,6)7;1-2/h1H2;1-2H2. The smallest absolute Gasteiger partial charge is 0.202 e. The van der Waals surface area contributed by atoms with E-state index in [-0.39, 0.29) is 0 Å². The second-order valence-corrected chi connectivity index (χ2v) is 0.903. The minimum atomic E-state index is -4.86. The Morgan fingerprint density at radius 3 is 1.22 bits per heavy atom. The molecule has 4 heteroatoms. The van der Waals surface area contributed by atoms with E-state index in [1.54, 1.807) is 0 Å². The van der Waals surface area contributed by atoms with E-state index >= 15 is 0 Å². The average molecular weight is 142 g/mol. The van der Waals surface area contributed by atoms with Gasteiger partial charge in [-0.05, 0) is 0 Å². The predicted octanol–water partition coefficient (Wildman–Crippen LogP) is 2.83.